The maximum absolute atomic E-state index is 5.53. The van der Waals surface area contributed by atoms with Crippen molar-refractivity contribution in [2.24, 2.45) is 5.73 Å². The molecule has 0 saturated heterocycles. The van der Waals surface area contributed by atoms with Gasteiger partial charge in [-0.05, 0) is 38.6 Å². The van der Waals surface area contributed by atoms with Crippen LogP contribution in [0.5, 0.6) is 0 Å². The van der Waals surface area contributed by atoms with Crippen molar-refractivity contribution < 1.29 is 4.74 Å². The van der Waals surface area contributed by atoms with Gasteiger partial charge >= 0.3 is 0 Å². The molecule has 0 fully saturated rings. The van der Waals surface area contributed by atoms with Crippen molar-refractivity contribution in [1.82, 2.24) is 5.32 Å². The fourth-order valence-electron chi connectivity index (χ4n) is 2.06. The smallest absolute Gasteiger partial charge is 0.0615 e. The van der Waals surface area contributed by atoms with Gasteiger partial charge in [0.1, 0.15) is 0 Å². The van der Waals surface area contributed by atoms with Crippen LogP contribution in [0.15, 0.2) is 12.2 Å². The van der Waals surface area contributed by atoms with E-state index >= 15 is 0 Å². The first-order valence-corrected chi connectivity index (χ1v) is 5.97. The molecule has 0 spiro atoms. The number of hydrogen-bond donors (Lipinski definition) is 2. The maximum Gasteiger partial charge on any atom is 0.0615 e. The average molecular weight is 212 g/mol. The van der Waals surface area contributed by atoms with Gasteiger partial charge in [0.05, 0.1) is 6.61 Å². The number of nitrogens with one attached hydrogen (secondary N) is 1. The van der Waals surface area contributed by atoms with Crippen molar-refractivity contribution in [1.29, 1.82) is 0 Å². The second-order valence-electron chi connectivity index (χ2n) is 4.23. The molecule has 15 heavy (non-hydrogen) atoms. The highest BCUT2D eigenvalue weighted by Crippen LogP contribution is 2.12. The summed E-state index contributed by atoms with van der Waals surface area (Å²) < 4.78 is 5.22. The van der Waals surface area contributed by atoms with Crippen molar-refractivity contribution in [3.8, 4) is 0 Å². The molecule has 3 heteroatoms. The van der Waals surface area contributed by atoms with E-state index in [1.165, 1.54) is 12.8 Å². The van der Waals surface area contributed by atoms with Crippen LogP contribution in [0.25, 0.3) is 0 Å². The fourth-order valence-corrected chi connectivity index (χ4v) is 2.06. The molecule has 0 aromatic rings. The molecule has 1 aliphatic carbocycles. The molecule has 1 aliphatic rings. The van der Waals surface area contributed by atoms with Crippen LogP contribution in [0.1, 0.15) is 32.1 Å². The highest BCUT2D eigenvalue weighted by atomic mass is 16.5. The van der Waals surface area contributed by atoms with Crippen LogP contribution in [0.4, 0.5) is 0 Å². The highest BCUT2D eigenvalue weighted by Gasteiger charge is 2.15. The minimum absolute atomic E-state index is 0.468. The third-order valence-electron chi connectivity index (χ3n) is 2.87. The van der Waals surface area contributed by atoms with Crippen LogP contribution >= 0.6 is 0 Å². The van der Waals surface area contributed by atoms with E-state index in [2.05, 4.69) is 17.5 Å². The molecule has 0 bridgehead atoms. The van der Waals surface area contributed by atoms with Crippen molar-refractivity contribution in [2.75, 3.05) is 20.3 Å². The number of methoxy groups -OCH3 is 1. The molecule has 0 radical (unpaired) electrons. The molecule has 88 valence electrons. The molecule has 0 amide bonds. The Morgan fingerprint density at radius 2 is 2.40 bits per heavy atom. The highest BCUT2D eigenvalue weighted by molar-refractivity contribution is 4.93. The molecule has 0 aromatic heterocycles. The van der Waals surface area contributed by atoms with Gasteiger partial charge in [-0.15, -0.1) is 0 Å². The van der Waals surface area contributed by atoms with E-state index < -0.39 is 0 Å². The number of rotatable bonds is 7. The van der Waals surface area contributed by atoms with Crippen LogP contribution in [0, 0.1) is 0 Å². The van der Waals surface area contributed by atoms with Crippen molar-refractivity contribution >= 4 is 0 Å². The third-order valence-corrected chi connectivity index (χ3v) is 2.87. The average Bonchev–Trinajstić information content (AvgIpc) is 2.28. The van der Waals surface area contributed by atoms with Crippen molar-refractivity contribution in [3.05, 3.63) is 12.2 Å². The van der Waals surface area contributed by atoms with Crippen LogP contribution in [0.3, 0.4) is 0 Å². The molecule has 2 atom stereocenters. The van der Waals surface area contributed by atoms with Gasteiger partial charge in [-0.3, -0.25) is 0 Å². The molecule has 1 rings (SSSR count). The quantitative estimate of drug-likeness (QED) is 0.628. The van der Waals surface area contributed by atoms with Gasteiger partial charge in [-0.1, -0.05) is 12.2 Å². The zero-order valence-corrected chi connectivity index (χ0v) is 9.74. The largest absolute Gasteiger partial charge is 0.383 e. The van der Waals surface area contributed by atoms with E-state index in [9.17, 15) is 0 Å². The summed E-state index contributed by atoms with van der Waals surface area (Å²) >= 11 is 0. The number of ether oxygens (including phenoxy) is 1. The van der Waals surface area contributed by atoms with Crippen LogP contribution in [-0.4, -0.2) is 32.3 Å². The summed E-state index contributed by atoms with van der Waals surface area (Å²) in [6.45, 7) is 1.56. The van der Waals surface area contributed by atoms with Crippen LogP contribution < -0.4 is 11.1 Å². The second-order valence-corrected chi connectivity index (χ2v) is 4.23. The maximum atomic E-state index is 5.53. The van der Waals surface area contributed by atoms with E-state index in [1.54, 1.807) is 7.11 Å². The Kier molecular flexibility index (Phi) is 6.64. The number of allylic oxidation sites excluding steroid dienone is 1. The third kappa shape index (κ3) is 5.30. The van der Waals surface area contributed by atoms with Gasteiger partial charge in [-0.2, -0.15) is 0 Å². The Hall–Kier alpha value is -0.380. The first-order chi connectivity index (χ1) is 7.36. The van der Waals surface area contributed by atoms with E-state index in [-0.39, 0.29) is 0 Å². The van der Waals surface area contributed by atoms with E-state index in [0.29, 0.717) is 12.1 Å². The van der Waals surface area contributed by atoms with Gasteiger partial charge in [0.2, 0.25) is 0 Å². The fraction of sp³-hybridized carbons (Fsp3) is 0.833. The summed E-state index contributed by atoms with van der Waals surface area (Å²) in [7, 11) is 1.76. The summed E-state index contributed by atoms with van der Waals surface area (Å²) in [5.74, 6) is 0. The summed E-state index contributed by atoms with van der Waals surface area (Å²) in [6.07, 6.45) is 10.3. The first-order valence-electron chi connectivity index (χ1n) is 5.97. The summed E-state index contributed by atoms with van der Waals surface area (Å²) in [5.41, 5.74) is 5.53. The predicted molar refractivity (Wildman–Crippen MR) is 63.9 cm³/mol. The monoisotopic (exact) mass is 212 g/mol. The summed E-state index contributed by atoms with van der Waals surface area (Å²) in [5, 5.41) is 3.66. The van der Waals surface area contributed by atoms with E-state index in [0.717, 1.165) is 32.4 Å². The Labute approximate surface area is 93.1 Å². The first kappa shape index (κ1) is 12.7. The molecule has 0 aliphatic heterocycles. The number of hydrogen-bond acceptors (Lipinski definition) is 3. The summed E-state index contributed by atoms with van der Waals surface area (Å²) in [6, 6.07) is 1.10. The lowest BCUT2D eigenvalue weighted by atomic mass is 10.0. The lowest BCUT2D eigenvalue weighted by Crippen LogP contribution is -2.41. The molecular formula is C12H24N2O. The minimum atomic E-state index is 0.468. The normalized spacial score (nSPS) is 22.9. The minimum Gasteiger partial charge on any atom is -0.383 e. The molecule has 3 nitrogen and oxygen atoms in total. The van der Waals surface area contributed by atoms with E-state index in [1.807, 2.05) is 0 Å². The van der Waals surface area contributed by atoms with Gasteiger partial charge in [0, 0.05) is 19.2 Å². The lowest BCUT2D eigenvalue weighted by molar-refractivity contribution is 0.154. The molecule has 2 unspecified atom stereocenters. The van der Waals surface area contributed by atoms with Crippen molar-refractivity contribution in [2.45, 2.75) is 44.2 Å². The van der Waals surface area contributed by atoms with Gasteiger partial charge in [-0.25, -0.2) is 0 Å². The zero-order valence-electron chi connectivity index (χ0n) is 9.74. The van der Waals surface area contributed by atoms with Crippen molar-refractivity contribution in [3.63, 3.8) is 0 Å². The zero-order chi connectivity index (χ0) is 10.9. The summed E-state index contributed by atoms with van der Waals surface area (Å²) in [4.78, 5) is 0. The Bertz CT molecular complexity index is 182. The topological polar surface area (TPSA) is 47.3 Å². The standard InChI is InChI=1S/C12H24N2O/c1-15-10-12(8-5-9-13)14-11-6-3-2-4-7-11/h2-3,11-12,14H,4-10,13H2,1H3. The molecule has 0 saturated carbocycles. The Morgan fingerprint density at radius 3 is 3.00 bits per heavy atom. The van der Waals surface area contributed by atoms with Gasteiger partial charge in [0.15, 0.2) is 0 Å². The lowest BCUT2D eigenvalue weighted by Gasteiger charge is -2.26. The Morgan fingerprint density at radius 1 is 1.53 bits per heavy atom. The SMILES string of the molecule is COCC(CCCN)NC1CC=CCC1. The predicted octanol–water partition coefficient (Wildman–Crippen LogP) is 1.44. The Balaban J connectivity index is 2.25. The molecule has 3 N–H and O–H groups in total. The van der Waals surface area contributed by atoms with Gasteiger partial charge < -0.3 is 15.8 Å². The molecule has 0 heterocycles. The molecule has 0 aromatic carbocycles. The van der Waals surface area contributed by atoms with E-state index in [4.69, 9.17) is 10.5 Å². The van der Waals surface area contributed by atoms with Gasteiger partial charge in [0.25, 0.3) is 0 Å². The van der Waals surface area contributed by atoms with Crippen LogP contribution in [0.2, 0.25) is 0 Å². The number of nitrogens with two attached hydrogens (primary N) is 1. The second kappa shape index (κ2) is 7.85. The van der Waals surface area contributed by atoms with Crippen LogP contribution in [-0.2, 0) is 4.74 Å². The molecular weight excluding hydrogens is 188 g/mol.